The van der Waals surface area contributed by atoms with Gasteiger partial charge >= 0.3 is 0 Å². The van der Waals surface area contributed by atoms with Gasteiger partial charge in [0.15, 0.2) is 0 Å². The molecule has 0 radical (unpaired) electrons. The monoisotopic (exact) mass is 252 g/mol. The van der Waals surface area contributed by atoms with Gasteiger partial charge in [-0.25, -0.2) is 8.78 Å². The normalized spacial score (nSPS) is 12.7. The summed E-state index contributed by atoms with van der Waals surface area (Å²) in [6, 6.07) is 5.02. The first-order chi connectivity index (χ1) is 8.61. The molecule has 0 aliphatic rings. The number of aliphatic hydroxyl groups excluding tert-OH is 1. The van der Waals surface area contributed by atoms with Gasteiger partial charge in [-0.05, 0) is 17.7 Å². The fraction of sp³-hybridized carbons (Fsp3) is 0.286. The third kappa shape index (κ3) is 2.59. The summed E-state index contributed by atoms with van der Waals surface area (Å²) in [5, 5.41) is 10.0. The number of rotatable bonds is 4. The zero-order valence-electron chi connectivity index (χ0n) is 9.99. The van der Waals surface area contributed by atoms with Gasteiger partial charge in [0.25, 0.3) is 0 Å². The van der Waals surface area contributed by atoms with Crippen LogP contribution >= 0.6 is 0 Å². The van der Waals surface area contributed by atoms with Gasteiger partial charge in [0.2, 0.25) is 0 Å². The second-order valence-corrected chi connectivity index (χ2v) is 4.11. The van der Waals surface area contributed by atoms with Crippen molar-refractivity contribution in [3.8, 4) is 0 Å². The lowest BCUT2D eigenvalue weighted by Crippen LogP contribution is -2.05. The number of halogens is 2. The highest BCUT2D eigenvalue weighted by Crippen LogP contribution is 2.24. The van der Waals surface area contributed by atoms with Crippen LogP contribution in [0.2, 0.25) is 0 Å². The average molecular weight is 252 g/mol. The zero-order valence-corrected chi connectivity index (χ0v) is 9.99. The molecule has 18 heavy (non-hydrogen) atoms. The lowest BCUT2D eigenvalue weighted by molar-refractivity contribution is 0.174. The molecule has 0 saturated heterocycles. The molecular formula is C14H14F2O2. The maximum absolute atomic E-state index is 13.5. The Balaban J connectivity index is 2.18. The molecule has 2 rings (SSSR count). The van der Waals surface area contributed by atoms with Gasteiger partial charge in [-0.15, -0.1) is 0 Å². The second-order valence-electron chi connectivity index (χ2n) is 4.11. The van der Waals surface area contributed by atoms with Gasteiger partial charge in [0.1, 0.15) is 17.4 Å². The van der Waals surface area contributed by atoms with Gasteiger partial charge in [0.05, 0.1) is 12.4 Å². The van der Waals surface area contributed by atoms with E-state index in [0.29, 0.717) is 17.7 Å². The molecular weight excluding hydrogens is 238 g/mol. The summed E-state index contributed by atoms with van der Waals surface area (Å²) in [6.07, 6.45) is 1.40. The molecule has 0 bridgehead atoms. The van der Waals surface area contributed by atoms with E-state index < -0.39 is 17.7 Å². The summed E-state index contributed by atoms with van der Waals surface area (Å²) in [5.74, 6) is -0.580. The topological polar surface area (TPSA) is 33.4 Å². The number of hydrogen-bond donors (Lipinski definition) is 1. The minimum Gasteiger partial charge on any atom is -0.469 e. The Morgan fingerprint density at radius 1 is 1.28 bits per heavy atom. The van der Waals surface area contributed by atoms with Crippen molar-refractivity contribution in [1.82, 2.24) is 0 Å². The molecule has 1 aromatic carbocycles. The second kappa shape index (κ2) is 5.31. The Morgan fingerprint density at radius 3 is 2.72 bits per heavy atom. The van der Waals surface area contributed by atoms with Crippen LogP contribution in [0.3, 0.4) is 0 Å². The molecule has 0 aliphatic carbocycles. The van der Waals surface area contributed by atoms with Crippen molar-refractivity contribution in [3.63, 3.8) is 0 Å². The van der Waals surface area contributed by atoms with E-state index in [0.717, 1.165) is 6.07 Å². The molecule has 1 aromatic heterocycles. The van der Waals surface area contributed by atoms with Gasteiger partial charge in [-0.2, -0.15) is 0 Å². The van der Waals surface area contributed by atoms with E-state index in [2.05, 4.69) is 0 Å². The van der Waals surface area contributed by atoms with E-state index in [1.165, 1.54) is 18.4 Å². The van der Waals surface area contributed by atoms with Crippen molar-refractivity contribution < 1.29 is 18.3 Å². The number of aliphatic hydroxyl groups is 1. The Labute approximate surface area is 104 Å². The van der Waals surface area contributed by atoms with E-state index in [-0.39, 0.29) is 12.0 Å². The van der Waals surface area contributed by atoms with Crippen molar-refractivity contribution in [2.45, 2.75) is 25.9 Å². The molecule has 0 aliphatic heterocycles. The Bertz CT molecular complexity index is 534. The predicted octanol–water partition coefficient (Wildman–Crippen LogP) is 3.40. The SMILES string of the molecule is CCc1occc1C(O)Cc1ccc(F)cc1F. The van der Waals surface area contributed by atoms with Crippen LogP contribution in [0.25, 0.3) is 0 Å². The molecule has 0 fully saturated rings. The van der Waals surface area contributed by atoms with E-state index in [4.69, 9.17) is 4.42 Å². The lowest BCUT2D eigenvalue weighted by Gasteiger charge is -2.11. The molecule has 0 saturated carbocycles. The molecule has 2 aromatic rings. The van der Waals surface area contributed by atoms with Crippen LogP contribution < -0.4 is 0 Å². The first-order valence-electron chi connectivity index (χ1n) is 5.80. The molecule has 2 nitrogen and oxygen atoms in total. The highest BCUT2D eigenvalue weighted by atomic mass is 19.1. The van der Waals surface area contributed by atoms with E-state index in [1.807, 2.05) is 6.92 Å². The smallest absolute Gasteiger partial charge is 0.129 e. The number of hydrogen-bond acceptors (Lipinski definition) is 2. The molecule has 1 atom stereocenters. The number of aryl methyl sites for hydroxylation is 1. The van der Waals surface area contributed by atoms with Crippen LogP contribution in [-0.2, 0) is 12.8 Å². The highest BCUT2D eigenvalue weighted by Gasteiger charge is 2.16. The van der Waals surface area contributed by atoms with E-state index in [9.17, 15) is 13.9 Å². The Kier molecular flexibility index (Phi) is 3.77. The summed E-state index contributed by atoms with van der Waals surface area (Å²) in [4.78, 5) is 0. The maximum Gasteiger partial charge on any atom is 0.129 e. The maximum atomic E-state index is 13.5. The quantitative estimate of drug-likeness (QED) is 0.904. The minimum atomic E-state index is -0.848. The molecule has 0 amide bonds. The predicted molar refractivity (Wildman–Crippen MR) is 63.1 cm³/mol. The van der Waals surface area contributed by atoms with Crippen LogP contribution in [0.5, 0.6) is 0 Å². The first kappa shape index (κ1) is 12.8. The van der Waals surface area contributed by atoms with Gasteiger partial charge < -0.3 is 9.52 Å². The highest BCUT2D eigenvalue weighted by molar-refractivity contribution is 5.25. The largest absolute Gasteiger partial charge is 0.469 e. The Hall–Kier alpha value is -1.68. The third-order valence-electron chi connectivity index (χ3n) is 2.89. The summed E-state index contributed by atoms with van der Waals surface area (Å²) in [5.41, 5.74) is 0.938. The van der Waals surface area contributed by atoms with Gasteiger partial charge in [0, 0.05) is 24.5 Å². The molecule has 1 unspecified atom stereocenters. The fourth-order valence-electron chi connectivity index (χ4n) is 1.94. The average Bonchev–Trinajstić information content (AvgIpc) is 2.81. The van der Waals surface area contributed by atoms with Crippen LogP contribution in [0, 0.1) is 11.6 Å². The lowest BCUT2D eigenvalue weighted by atomic mass is 10.0. The van der Waals surface area contributed by atoms with Crippen molar-refractivity contribution >= 4 is 0 Å². The summed E-state index contributed by atoms with van der Waals surface area (Å²) in [6.45, 7) is 1.91. The van der Waals surface area contributed by atoms with Crippen LogP contribution in [-0.4, -0.2) is 5.11 Å². The van der Waals surface area contributed by atoms with E-state index >= 15 is 0 Å². The number of benzene rings is 1. The molecule has 4 heteroatoms. The molecule has 1 N–H and O–H groups in total. The first-order valence-corrected chi connectivity index (χ1v) is 5.80. The standard InChI is InChI=1S/C14H14F2O2/c1-2-14-11(5-6-18-14)13(17)7-9-3-4-10(15)8-12(9)16/h3-6,8,13,17H,2,7H2,1H3. The summed E-state index contributed by atoms with van der Waals surface area (Å²) < 4.78 is 31.4. The molecule has 1 heterocycles. The van der Waals surface area contributed by atoms with Crippen LogP contribution in [0.1, 0.15) is 29.9 Å². The zero-order chi connectivity index (χ0) is 13.1. The minimum absolute atomic E-state index is 0.0959. The summed E-state index contributed by atoms with van der Waals surface area (Å²) >= 11 is 0. The molecule has 0 spiro atoms. The van der Waals surface area contributed by atoms with Crippen molar-refractivity contribution in [2.24, 2.45) is 0 Å². The van der Waals surface area contributed by atoms with Crippen molar-refractivity contribution in [3.05, 3.63) is 59.1 Å². The number of furan rings is 1. The van der Waals surface area contributed by atoms with Crippen LogP contribution in [0.4, 0.5) is 8.78 Å². The molecule has 96 valence electrons. The summed E-state index contributed by atoms with van der Waals surface area (Å²) in [7, 11) is 0. The van der Waals surface area contributed by atoms with Crippen molar-refractivity contribution in [2.75, 3.05) is 0 Å². The fourth-order valence-corrected chi connectivity index (χ4v) is 1.94. The Morgan fingerprint density at radius 2 is 2.06 bits per heavy atom. The van der Waals surface area contributed by atoms with Gasteiger partial charge in [-0.1, -0.05) is 13.0 Å². The van der Waals surface area contributed by atoms with Crippen molar-refractivity contribution in [1.29, 1.82) is 0 Å². The van der Waals surface area contributed by atoms with Gasteiger partial charge in [-0.3, -0.25) is 0 Å². The third-order valence-corrected chi connectivity index (χ3v) is 2.89. The van der Waals surface area contributed by atoms with E-state index in [1.54, 1.807) is 6.07 Å². The van der Waals surface area contributed by atoms with Crippen LogP contribution in [0.15, 0.2) is 34.9 Å².